The molecule has 2 saturated carbocycles. The van der Waals surface area contributed by atoms with E-state index >= 15 is 0 Å². The molecule has 2 spiro atoms. The highest BCUT2D eigenvalue weighted by molar-refractivity contribution is 6.48. The second-order valence-corrected chi connectivity index (χ2v) is 41.5. The highest BCUT2D eigenvalue weighted by atomic mass is 35.5. The Labute approximate surface area is 791 Å². The normalized spacial score (nSPS) is 18.3. The number of aromatic carboxylic acids is 1. The number of carboxylic acids is 1. The smallest absolute Gasteiger partial charge is 0.335 e. The summed E-state index contributed by atoms with van der Waals surface area (Å²) in [6.45, 7) is 27.8. The molecule has 2 aliphatic heterocycles. The van der Waals surface area contributed by atoms with Crippen LogP contribution in [0.2, 0.25) is 20.1 Å². The molecule has 3 amide bonds. The first-order chi connectivity index (χ1) is 62.5. The van der Waals surface area contributed by atoms with Gasteiger partial charge in [0.25, 0.3) is 17.7 Å². The maximum Gasteiger partial charge on any atom is 0.335 e. The SMILES string of the molecule is CC(C)(C)CC[C@H](c1ccc(C(=O)NCCc2nnn(C(c3ccccc3)(c3ccccc3)c3ccccc3)n2)cc1)N1C(=O)C(c2cc(Cl)cc(Cl)c2)=NC12CCC(C(C)(C)C)CC2.CC(C)(C)CC[C@H](c1ccc(C(=O)O)cc1)N1C(=O)C(c2cc(Cl)cc(Cl)c2)=NC12CCC(C(C)(C)C)CC2.NCCc1nnn(C(c2ccccc2)(c2ccccc2)c2ccccc2)n1. The molecule has 23 heteroatoms. The number of tetrazole rings is 2. The third-order valence-corrected chi connectivity index (χ3v) is 27.3. The Balaban J connectivity index is 0.000000176. The number of hydrogen-bond acceptors (Lipinski definition) is 13. The lowest BCUT2D eigenvalue weighted by Gasteiger charge is -2.47. The van der Waals surface area contributed by atoms with Gasteiger partial charge < -0.3 is 26.0 Å². The van der Waals surface area contributed by atoms with Crippen molar-refractivity contribution in [2.75, 3.05) is 13.1 Å². The van der Waals surface area contributed by atoms with Crippen LogP contribution in [0.4, 0.5) is 0 Å². The number of carbonyl (C=O) groups is 4. The molecule has 0 radical (unpaired) electrons. The highest BCUT2D eigenvalue weighted by Gasteiger charge is 2.56. The fourth-order valence-electron chi connectivity index (χ4n) is 19.4. The van der Waals surface area contributed by atoms with Gasteiger partial charge in [0.1, 0.15) is 22.7 Å². The number of amides is 3. The van der Waals surface area contributed by atoms with Crippen molar-refractivity contribution >= 4 is 81.5 Å². The van der Waals surface area contributed by atoms with Crippen molar-refractivity contribution in [1.82, 2.24) is 55.5 Å². The van der Waals surface area contributed by atoms with Gasteiger partial charge in [0.05, 0.1) is 17.6 Å². The van der Waals surface area contributed by atoms with Gasteiger partial charge in [0, 0.05) is 56.2 Å². The van der Waals surface area contributed by atoms with Gasteiger partial charge in [-0.3, -0.25) is 24.4 Å². The molecule has 4 N–H and O–H groups in total. The molecule has 2 aromatic heterocycles. The van der Waals surface area contributed by atoms with Gasteiger partial charge in [-0.2, -0.15) is 0 Å². The van der Waals surface area contributed by atoms with Crippen LogP contribution in [-0.2, 0) is 33.5 Å². The van der Waals surface area contributed by atoms with Crippen molar-refractivity contribution < 1.29 is 24.3 Å². The molecule has 4 aliphatic rings. The quantitative estimate of drug-likeness (QED) is 0.0452. The summed E-state index contributed by atoms with van der Waals surface area (Å²) in [5, 5.41) is 41.9. The number of benzene rings is 10. The van der Waals surface area contributed by atoms with Crippen molar-refractivity contribution in [3.05, 3.63) is 365 Å². The zero-order chi connectivity index (χ0) is 93.3. The molecule has 2 aliphatic carbocycles. The zero-order valence-electron chi connectivity index (χ0n) is 77.1. The van der Waals surface area contributed by atoms with Crippen LogP contribution in [-0.4, -0.2) is 115 Å². The van der Waals surface area contributed by atoms with Gasteiger partial charge in [-0.1, -0.05) is 336 Å². The van der Waals surface area contributed by atoms with E-state index in [1.165, 1.54) is 0 Å². The van der Waals surface area contributed by atoms with Crippen LogP contribution in [0.15, 0.2) is 277 Å². The van der Waals surface area contributed by atoms with Crippen molar-refractivity contribution in [2.45, 2.75) is 207 Å². The number of halogens is 4. The van der Waals surface area contributed by atoms with Crippen LogP contribution >= 0.6 is 46.4 Å². The predicted molar refractivity (Wildman–Crippen MR) is 524 cm³/mol. The van der Waals surface area contributed by atoms with E-state index in [9.17, 15) is 24.3 Å². The Morgan fingerprint density at radius 2 is 0.725 bits per heavy atom. The predicted octanol–water partition coefficient (Wildman–Crippen LogP) is 23.8. The maximum absolute atomic E-state index is 14.9. The number of carboxylic acid groups (broad SMARTS) is 1. The van der Waals surface area contributed by atoms with Gasteiger partial charge in [-0.05, 0) is 233 Å². The fourth-order valence-corrected chi connectivity index (χ4v) is 20.5. The first-order valence-electron chi connectivity index (χ1n) is 45.7. The molecule has 2 atom stereocenters. The number of carbonyl (C=O) groups excluding carboxylic acids is 3. The van der Waals surface area contributed by atoms with Crippen LogP contribution in [0.5, 0.6) is 0 Å². The van der Waals surface area contributed by atoms with Gasteiger partial charge in [0.15, 0.2) is 22.7 Å². The van der Waals surface area contributed by atoms with Crippen LogP contribution < -0.4 is 11.1 Å². The average molecular weight is 1840 g/mol. The number of aliphatic imine (C=N–C) groups is 2. The third kappa shape index (κ3) is 21.6. The molecule has 0 bridgehead atoms. The first kappa shape index (κ1) is 95.8. The van der Waals surface area contributed by atoms with Crippen LogP contribution in [0.3, 0.4) is 0 Å². The van der Waals surface area contributed by atoms with E-state index in [1.807, 2.05) is 150 Å². The molecule has 19 nitrogen and oxygen atoms in total. The summed E-state index contributed by atoms with van der Waals surface area (Å²) in [5.41, 5.74) is 14.0. The van der Waals surface area contributed by atoms with E-state index in [0.29, 0.717) is 97.6 Å². The van der Waals surface area contributed by atoms with Crippen LogP contribution in [0, 0.1) is 33.5 Å². The Hall–Kier alpha value is -11.3. The van der Waals surface area contributed by atoms with E-state index in [-0.39, 0.29) is 57.0 Å². The molecule has 2 fully saturated rings. The molecule has 0 unspecified atom stereocenters. The Bertz CT molecular complexity index is 5740. The van der Waals surface area contributed by atoms with Crippen molar-refractivity contribution in [3.8, 4) is 0 Å². The second kappa shape index (κ2) is 40.4. The monoisotopic (exact) mass is 1830 g/mol. The van der Waals surface area contributed by atoms with Gasteiger partial charge >= 0.3 is 5.97 Å². The minimum atomic E-state index is -0.967. The molecule has 12 aromatic rings. The molecule has 131 heavy (non-hydrogen) atoms. The second-order valence-electron chi connectivity index (χ2n) is 39.8. The van der Waals surface area contributed by atoms with E-state index in [1.54, 1.807) is 58.1 Å². The molecular formula is C108H120Cl4N14O5. The number of hydrogen-bond donors (Lipinski definition) is 3. The van der Waals surface area contributed by atoms with E-state index in [0.717, 1.165) is 122 Å². The zero-order valence-corrected chi connectivity index (χ0v) is 80.1. The largest absolute Gasteiger partial charge is 0.478 e. The lowest BCUT2D eigenvalue weighted by atomic mass is 9.69. The molecule has 16 rings (SSSR count). The summed E-state index contributed by atoms with van der Waals surface area (Å²) in [6, 6.07) is 86.1. The summed E-state index contributed by atoms with van der Waals surface area (Å²) in [5.74, 6) is 0.806. The van der Waals surface area contributed by atoms with Crippen molar-refractivity contribution in [3.63, 3.8) is 0 Å². The topological polar surface area (TPSA) is 245 Å². The van der Waals surface area contributed by atoms with E-state index < -0.39 is 28.4 Å². The average Bonchev–Trinajstić information content (AvgIpc) is 1.53. The first-order valence-corrected chi connectivity index (χ1v) is 47.2. The molecule has 4 heterocycles. The Morgan fingerprint density at radius 1 is 0.427 bits per heavy atom. The standard InChI is InChI=1S/C54H59Cl2N7O2.C32H40Cl2N2O3.C22H21N5/c1-51(2,3)30-28-46(62-50(65)48(39-34-44(55)36-45(56)35-39)58-53(62)31-26-40(27-32-53)52(4,5)6)37-22-24-38(25-23-37)49(64)57-33-29-47-59-61-63(60-47)54(41-16-10-7-11-17-41,42-18-12-8-13-19-42)43-20-14-9-15-21-43;1-30(2,3)14-13-26(20-7-9-21(10-8-20)29(38)39)36-28(37)27(22-17-24(33)19-25(34)18-22)35-32(36)15-11-23(12-16-32)31(4,5)6;23-17-16-21-24-26-27(25-21)22(18-10-4-1-5-11-18,19-12-6-2-7-13-19)20-14-8-3-9-15-20/h7-25,34-36,40,46H,26-33H2,1-6H3,(H,57,64);7-10,17-19,23,26H,11-16H2,1-6H3,(H,38,39);1-15H,16-17,23H2/t40?,46-,53?;23?,26-,32?;/m11./s1. The van der Waals surface area contributed by atoms with Crippen molar-refractivity contribution in [2.24, 2.45) is 49.2 Å². The number of nitrogens with one attached hydrogen (secondary N) is 1. The Kier molecular flexibility index (Phi) is 29.5. The van der Waals surface area contributed by atoms with Gasteiger partial charge in [0.2, 0.25) is 0 Å². The summed E-state index contributed by atoms with van der Waals surface area (Å²) in [4.78, 5) is 72.7. The summed E-state index contributed by atoms with van der Waals surface area (Å²) >= 11 is 25.7. The molecule has 680 valence electrons. The van der Waals surface area contributed by atoms with E-state index in [4.69, 9.17) is 72.3 Å². The van der Waals surface area contributed by atoms with E-state index in [2.05, 4.69) is 187 Å². The Morgan fingerprint density at radius 3 is 1.01 bits per heavy atom. The third-order valence-electron chi connectivity index (χ3n) is 26.4. The fraction of sp³-hybridized carbons (Fsp3) is 0.370. The van der Waals surface area contributed by atoms with Crippen LogP contribution in [0.1, 0.15) is 260 Å². The summed E-state index contributed by atoms with van der Waals surface area (Å²) in [6.07, 6.45) is 11.2. The highest BCUT2D eigenvalue weighted by Crippen LogP contribution is 2.54. The lowest BCUT2D eigenvalue weighted by molar-refractivity contribution is -0.134. The maximum atomic E-state index is 14.9. The molecule has 10 aromatic carbocycles. The number of nitrogens with two attached hydrogens (primary N) is 1. The lowest BCUT2D eigenvalue weighted by Crippen LogP contribution is -2.51. The summed E-state index contributed by atoms with van der Waals surface area (Å²) in [7, 11) is 0. The van der Waals surface area contributed by atoms with Gasteiger partial charge in [-0.25, -0.2) is 4.79 Å². The van der Waals surface area contributed by atoms with Crippen molar-refractivity contribution in [1.29, 1.82) is 0 Å². The minimum absolute atomic E-state index is 0.0222. The molecule has 0 saturated heterocycles. The minimum Gasteiger partial charge on any atom is -0.478 e. The van der Waals surface area contributed by atoms with Crippen LogP contribution in [0.25, 0.3) is 0 Å². The number of rotatable bonds is 25. The summed E-state index contributed by atoms with van der Waals surface area (Å²) < 4.78 is 0. The van der Waals surface area contributed by atoms with Gasteiger partial charge in [-0.15, -0.1) is 30.0 Å². The molecular weight excluding hydrogens is 1720 g/mol. The number of nitrogens with zero attached hydrogens (tertiary/aromatic N) is 12. The number of aromatic nitrogens is 8.